The van der Waals surface area contributed by atoms with Crippen molar-refractivity contribution in [1.82, 2.24) is 5.32 Å². The van der Waals surface area contributed by atoms with E-state index in [9.17, 15) is 9.59 Å². The third kappa shape index (κ3) is 5.60. The lowest BCUT2D eigenvalue weighted by molar-refractivity contribution is -0.115. The Morgan fingerprint density at radius 1 is 0.900 bits per heavy atom. The molecular weight excluding hydrogens is 378 g/mol. The molecule has 30 heavy (non-hydrogen) atoms. The van der Waals surface area contributed by atoms with Gasteiger partial charge in [0.25, 0.3) is 0 Å². The average Bonchev–Trinajstić information content (AvgIpc) is 3.27. The first-order valence-corrected chi connectivity index (χ1v) is 10.8. The number of benzene rings is 2. The molecule has 4 rings (SSSR count). The Kier molecular flexibility index (Phi) is 6.64. The van der Waals surface area contributed by atoms with Crippen molar-refractivity contribution in [3.05, 3.63) is 59.2 Å². The van der Waals surface area contributed by atoms with E-state index in [0.29, 0.717) is 24.3 Å². The summed E-state index contributed by atoms with van der Waals surface area (Å²) in [5.74, 6) is -0.0409. The molecule has 2 aromatic rings. The van der Waals surface area contributed by atoms with Crippen LogP contribution in [0, 0.1) is 0 Å². The molecule has 0 saturated carbocycles. The van der Waals surface area contributed by atoms with Crippen molar-refractivity contribution in [1.29, 1.82) is 0 Å². The van der Waals surface area contributed by atoms with Crippen LogP contribution in [0.2, 0.25) is 0 Å². The van der Waals surface area contributed by atoms with Gasteiger partial charge in [-0.15, -0.1) is 0 Å². The van der Waals surface area contributed by atoms with Gasteiger partial charge in [0.1, 0.15) is 0 Å². The Balaban J connectivity index is 1.24. The van der Waals surface area contributed by atoms with E-state index >= 15 is 0 Å². The molecule has 2 aliphatic rings. The van der Waals surface area contributed by atoms with Crippen molar-refractivity contribution < 1.29 is 14.3 Å². The van der Waals surface area contributed by atoms with Gasteiger partial charge >= 0.3 is 6.03 Å². The zero-order chi connectivity index (χ0) is 20.8. The first kappa shape index (κ1) is 20.4. The minimum atomic E-state index is -0.255. The van der Waals surface area contributed by atoms with Crippen molar-refractivity contribution in [2.75, 3.05) is 23.8 Å². The minimum Gasteiger partial charge on any atom is -0.376 e. The molecule has 0 bridgehead atoms. The topological polar surface area (TPSA) is 79.5 Å². The summed E-state index contributed by atoms with van der Waals surface area (Å²) < 4.78 is 5.49. The maximum Gasteiger partial charge on any atom is 0.319 e. The smallest absolute Gasteiger partial charge is 0.319 e. The van der Waals surface area contributed by atoms with E-state index in [1.165, 1.54) is 24.0 Å². The summed E-state index contributed by atoms with van der Waals surface area (Å²) in [6.45, 7) is 1.29. The molecule has 1 saturated heterocycles. The summed E-state index contributed by atoms with van der Waals surface area (Å²) in [7, 11) is 0. The largest absolute Gasteiger partial charge is 0.376 e. The number of hydrogen-bond donors (Lipinski definition) is 3. The molecular formula is C24H29N3O3. The number of urea groups is 1. The molecule has 3 N–H and O–H groups in total. The van der Waals surface area contributed by atoms with E-state index in [-0.39, 0.29) is 18.0 Å². The van der Waals surface area contributed by atoms with E-state index in [0.717, 1.165) is 37.9 Å². The van der Waals surface area contributed by atoms with Gasteiger partial charge in [0.15, 0.2) is 0 Å². The van der Waals surface area contributed by atoms with Crippen molar-refractivity contribution >= 4 is 23.3 Å². The van der Waals surface area contributed by atoms with E-state index in [1.54, 1.807) is 24.3 Å². The van der Waals surface area contributed by atoms with E-state index in [1.807, 2.05) is 0 Å². The second-order valence-electron chi connectivity index (χ2n) is 8.08. The predicted molar refractivity (Wildman–Crippen MR) is 118 cm³/mol. The fourth-order valence-corrected chi connectivity index (χ4v) is 4.11. The predicted octanol–water partition coefficient (Wildman–Crippen LogP) is 4.05. The Hall–Kier alpha value is -2.86. The number of aryl methyl sites for hydroxylation is 2. The number of anilines is 2. The summed E-state index contributed by atoms with van der Waals surface area (Å²) in [5.41, 5.74) is 5.25. The molecule has 158 valence electrons. The number of hydrogen-bond acceptors (Lipinski definition) is 3. The molecule has 6 heteroatoms. The average molecular weight is 408 g/mol. The van der Waals surface area contributed by atoms with Crippen LogP contribution in [-0.2, 0) is 28.8 Å². The fraction of sp³-hybridized carbons (Fsp3) is 0.417. The number of carbonyl (C=O) groups is 2. The molecule has 1 heterocycles. The Morgan fingerprint density at radius 3 is 2.37 bits per heavy atom. The summed E-state index contributed by atoms with van der Waals surface area (Å²) in [6.07, 6.45) is 7.26. The summed E-state index contributed by atoms with van der Waals surface area (Å²) in [6, 6.07) is 13.3. The normalized spacial score (nSPS) is 17.8. The summed E-state index contributed by atoms with van der Waals surface area (Å²) >= 11 is 0. The SMILES string of the molecule is O=C(Cc1ccc2c(c1)CCCC2)Nc1ccc(NC(=O)NCC2CCCO2)cc1. The third-order valence-corrected chi connectivity index (χ3v) is 5.72. The number of carbonyl (C=O) groups excluding carboxylic acids is 2. The highest BCUT2D eigenvalue weighted by Crippen LogP contribution is 2.22. The molecule has 0 spiro atoms. The fourth-order valence-electron chi connectivity index (χ4n) is 4.11. The van der Waals surface area contributed by atoms with Gasteiger partial charge in [-0.1, -0.05) is 18.2 Å². The van der Waals surface area contributed by atoms with Crippen LogP contribution in [0.15, 0.2) is 42.5 Å². The van der Waals surface area contributed by atoms with Crippen molar-refractivity contribution in [3.63, 3.8) is 0 Å². The summed E-state index contributed by atoms with van der Waals surface area (Å²) in [4.78, 5) is 24.4. The molecule has 1 unspecified atom stereocenters. The molecule has 1 aliphatic carbocycles. The van der Waals surface area contributed by atoms with Crippen LogP contribution < -0.4 is 16.0 Å². The lowest BCUT2D eigenvalue weighted by Gasteiger charge is -2.16. The number of ether oxygens (including phenoxy) is 1. The van der Waals surface area contributed by atoms with Crippen LogP contribution in [-0.4, -0.2) is 31.2 Å². The van der Waals surface area contributed by atoms with Gasteiger partial charge in [0.2, 0.25) is 5.91 Å². The molecule has 1 atom stereocenters. The molecule has 0 radical (unpaired) electrons. The van der Waals surface area contributed by atoms with Gasteiger partial charge in [-0.2, -0.15) is 0 Å². The minimum absolute atomic E-state index is 0.0409. The maximum atomic E-state index is 12.4. The van der Waals surface area contributed by atoms with Crippen LogP contribution in [0.4, 0.5) is 16.2 Å². The highest BCUT2D eigenvalue weighted by molar-refractivity contribution is 5.93. The van der Waals surface area contributed by atoms with Crippen LogP contribution in [0.1, 0.15) is 42.4 Å². The van der Waals surface area contributed by atoms with Crippen molar-refractivity contribution in [2.24, 2.45) is 0 Å². The first-order valence-electron chi connectivity index (χ1n) is 10.8. The van der Waals surface area contributed by atoms with Gasteiger partial charge in [-0.3, -0.25) is 4.79 Å². The quantitative estimate of drug-likeness (QED) is 0.676. The van der Waals surface area contributed by atoms with Gasteiger partial charge in [-0.25, -0.2) is 4.79 Å². The van der Waals surface area contributed by atoms with Crippen LogP contribution in [0.5, 0.6) is 0 Å². The zero-order valence-corrected chi connectivity index (χ0v) is 17.2. The second-order valence-corrected chi connectivity index (χ2v) is 8.08. The molecule has 6 nitrogen and oxygen atoms in total. The molecule has 1 aliphatic heterocycles. The van der Waals surface area contributed by atoms with Crippen molar-refractivity contribution in [3.8, 4) is 0 Å². The highest BCUT2D eigenvalue weighted by atomic mass is 16.5. The number of nitrogens with one attached hydrogen (secondary N) is 3. The van der Waals surface area contributed by atoms with Crippen LogP contribution in [0.25, 0.3) is 0 Å². The Labute approximate surface area is 177 Å². The van der Waals surface area contributed by atoms with Gasteiger partial charge in [0.05, 0.1) is 12.5 Å². The lowest BCUT2D eigenvalue weighted by atomic mass is 9.90. The number of rotatable bonds is 6. The third-order valence-electron chi connectivity index (χ3n) is 5.72. The molecule has 2 aromatic carbocycles. The molecule has 3 amide bonds. The van der Waals surface area contributed by atoms with E-state index in [4.69, 9.17) is 4.74 Å². The van der Waals surface area contributed by atoms with Crippen LogP contribution in [0.3, 0.4) is 0 Å². The molecule has 0 aromatic heterocycles. The van der Waals surface area contributed by atoms with E-state index in [2.05, 4.69) is 34.1 Å². The van der Waals surface area contributed by atoms with Crippen molar-refractivity contribution in [2.45, 2.75) is 51.0 Å². The van der Waals surface area contributed by atoms with E-state index < -0.39 is 0 Å². The summed E-state index contributed by atoms with van der Waals surface area (Å²) in [5, 5.41) is 8.55. The van der Waals surface area contributed by atoms with Gasteiger partial charge < -0.3 is 20.7 Å². The van der Waals surface area contributed by atoms with Crippen LogP contribution >= 0.6 is 0 Å². The number of fused-ring (bicyclic) bond motifs is 1. The Bertz CT molecular complexity index is 889. The highest BCUT2D eigenvalue weighted by Gasteiger charge is 2.16. The zero-order valence-electron chi connectivity index (χ0n) is 17.2. The number of amides is 3. The van der Waals surface area contributed by atoms with Gasteiger partial charge in [0, 0.05) is 24.5 Å². The first-order chi connectivity index (χ1) is 14.7. The monoisotopic (exact) mass is 407 g/mol. The Morgan fingerprint density at radius 2 is 1.63 bits per heavy atom. The van der Waals surface area contributed by atoms with Gasteiger partial charge in [-0.05, 0) is 79.5 Å². The standard InChI is InChI=1S/C24H29N3O3/c28-23(15-17-7-8-18-4-1-2-5-19(18)14-17)26-20-9-11-21(12-10-20)27-24(29)25-16-22-6-3-13-30-22/h7-12,14,22H,1-6,13,15-16H2,(H,26,28)(H2,25,27,29). The second kappa shape index (κ2) is 9.76. The maximum absolute atomic E-state index is 12.4. The molecule has 1 fully saturated rings. The lowest BCUT2D eigenvalue weighted by Crippen LogP contribution is -2.35.